The van der Waals surface area contributed by atoms with Crippen LogP contribution in [0.15, 0.2) is 58.0 Å². The van der Waals surface area contributed by atoms with Crippen molar-refractivity contribution in [2.75, 3.05) is 0 Å². The van der Waals surface area contributed by atoms with Crippen molar-refractivity contribution in [1.82, 2.24) is 19.9 Å². The monoisotopic (exact) mass is 564 g/mol. The molecular formula is C21H12Br2Cl2N4O. The quantitative estimate of drug-likeness (QED) is 0.203. The van der Waals surface area contributed by atoms with Gasteiger partial charge in [-0.05, 0) is 72.8 Å². The molecule has 30 heavy (non-hydrogen) atoms. The maximum Gasteiger partial charge on any atom is 0.131 e. The zero-order chi connectivity index (χ0) is 21.0. The van der Waals surface area contributed by atoms with Gasteiger partial charge in [0, 0.05) is 29.1 Å². The summed E-state index contributed by atoms with van der Waals surface area (Å²) in [5.74, 6) is 0.0455. The Hall–Kier alpha value is -2.06. The van der Waals surface area contributed by atoms with E-state index in [-0.39, 0.29) is 11.7 Å². The van der Waals surface area contributed by atoms with Gasteiger partial charge in [0.05, 0.1) is 11.0 Å². The fourth-order valence-corrected chi connectivity index (χ4v) is 5.45. The Balaban J connectivity index is 1.83. The van der Waals surface area contributed by atoms with Gasteiger partial charge < -0.3 is 15.1 Å². The molecule has 9 heteroatoms. The summed E-state index contributed by atoms with van der Waals surface area (Å²) in [6.45, 7) is 0. The van der Waals surface area contributed by atoms with Gasteiger partial charge in [0.25, 0.3) is 0 Å². The SMILES string of the molecule is Oc1ccc(C(c2c[nH]c3c(Br)nc(Cl)cc23)c2c[nH]c3c(Br)nc(Cl)cc23)cc1. The normalized spacial score (nSPS) is 11.8. The number of benzene rings is 1. The highest BCUT2D eigenvalue weighted by atomic mass is 79.9. The average Bonchev–Trinajstić information content (AvgIpc) is 3.29. The van der Waals surface area contributed by atoms with Crippen molar-refractivity contribution in [2.45, 2.75) is 5.92 Å². The average molecular weight is 567 g/mol. The van der Waals surface area contributed by atoms with Crippen LogP contribution in [0.3, 0.4) is 0 Å². The standard InChI is InChI=1S/C21H12Br2Cl2N4O/c22-20-18-11(5-15(24)28-20)13(7-26-18)17(9-1-3-10(30)4-2-9)14-8-27-19-12(14)6-16(25)29-21(19)23/h1-8,17,26-27,30H. The molecule has 0 spiro atoms. The third-order valence-corrected chi connectivity index (χ3v) is 6.64. The Kier molecular flexibility index (Phi) is 5.01. The zero-order valence-electron chi connectivity index (χ0n) is 15.0. The predicted molar refractivity (Wildman–Crippen MR) is 127 cm³/mol. The summed E-state index contributed by atoms with van der Waals surface area (Å²) in [7, 11) is 0. The van der Waals surface area contributed by atoms with E-state index in [1.807, 2.05) is 36.7 Å². The lowest BCUT2D eigenvalue weighted by atomic mass is 9.85. The number of fused-ring (bicyclic) bond motifs is 2. The van der Waals surface area contributed by atoms with Crippen LogP contribution in [-0.2, 0) is 0 Å². The molecule has 0 aliphatic heterocycles. The van der Waals surface area contributed by atoms with Crippen LogP contribution in [0.1, 0.15) is 22.6 Å². The molecule has 0 saturated carbocycles. The largest absolute Gasteiger partial charge is 0.508 e. The number of hydrogen-bond donors (Lipinski definition) is 3. The summed E-state index contributed by atoms with van der Waals surface area (Å²) in [6.07, 6.45) is 3.92. The second-order valence-electron chi connectivity index (χ2n) is 6.83. The first-order valence-electron chi connectivity index (χ1n) is 8.87. The molecule has 0 bridgehead atoms. The van der Waals surface area contributed by atoms with E-state index in [1.54, 1.807) is 12.1 Å². The van der Waals surface area contributed by atoms with Crippen LogP contribution in [-0.4, -0.2) is 25.0 Å². The number of phenols is 1. The van der Waals surface area contributed by atoms with Crippen molar-refractivity contribution in [1.29, 1.82) is 0 Å². The van der Waals surface area contributed by atoms with Crippen molar-refractivity contribution in [3.8, 4) is 5.75 Å². The Morgan fingerprint density at radius 2 is 1.27 bits per heavy atom. The van der Waals surface area contributed by atoms with E-state index in [9.17, 15) is 5.11 Å². The molecule has 150 valence electrons. The van der Waals surface area contributed by atoms with Gasteiger partial charge in [-0.1, -0.05) is 35.3 Å². The summed E-state index contributed by atoms with van der Waals surface area (Å²) in [4.78, 5) is 15.2. The molecule has 5 nitrogen and oxygen atoms in total. The van der Waals surface area contributed by atoms with Crippen LogP contribution in [0, 0.1) is 0 Å². The fourth-order valence-electron chi connectivity index (χ4n) is 3.83. The van der Waals surface area contributed by atoms with Crippen LogP contribution in [0.4, 0.5) is 0 Å². The minimum absolute atomic E-state index is 0.163. The maximum absolute atomic E-state index is 9.81. The zero-order valence-corrected chi connectivity index (χ0v) is 19.7. The Morgan fingerprint density at radius 1 is 0.800 bits per heavy atom. The molecule has 3 N–H and O–H groups in total. The molecule has 0 saturated heterocycles. The highest BCUT2D eigenvalue weighted by Crippen LogP contribution is 2.42. The number of aromatic hydroxyl groups is 1. The van der Waals surface area contributed by atoms with Gasteiger partial charge in [0.1, 0.15) is 25.3 Å². The van der Waals surface area contributed by atoms with Crippen LogP contribution >= 0.6 is 55.1 Å². The highest BCUT2D eigenvalue weighted by Gasteiger charge is 2.25. The molecule has 4 aromatic heterocycles. The number of halogens is 4. The fraction of sp³-hybridized carbons (Fsp3) is 0.0476. The predicted octanol–water partition coefficient (Wildman–Crippen LogP) is 7.16. The molecule has 0 unspecified atom stereocenters. The van der Waals surface area contributed by atoms with Crippen LogP contribution in [0.5, 0.6) is 5.75 Å². The molecule has 0 amide bonds. The molecule has 0 radical (unpaired) electrons. The molecule has 0 atom stereocenters. The number of H-pyrrole nitrogens is 2. The van der Waals surface area contributed by atoms with Crippen LogP contribution in [0.25, 0.3) is 21.8 Å². The van der Waals surface area contributed by atoms with Gasteiger partial charge in [-0.2, -0.15) is 0 Å². The van der Waals surface area contributed by atoms with E-state index >= 15 is 0 Å². The van der Waals surface area contributed by atoms with Gasteiger partial charge in [-0.25, -0.2) is 9.97 Å². The minimum atomic E-state index is -0.163. The van der Waals surface area contributed by atoms with E-state index in [2.05, 4.69) is 51.8 Å². The first kappa shape index (κ1) is 19.9. The van der Waals surface area contributed by atoms with E-state index in [0.29, 0.717) is 19.5 Å². The number of pyridine rings is 2. The smallest absolute Gasteiger partial charge is 0.131 e. The summed E-state index contributed by atoms with van der Waals surface area (Å²) in [5.41, 5.74) is 4.76. The minimum Gasteiger partial charge on any atom is -0.508 e. The topological polar surface area (TPSA) is 77.6 Å². The summed E-state index contributed by atoms with van der Waals surface area (Å²) in [6, 6.07) is 10.9. The third-order valence-electron chi connectivity index (χ3n) is 5.10. The number of rotatable bonds is 3. The van der Waals surface area contributed by atoms with Gasteiger partial charge in [0.15, 0.2) is 0 Å². The molecule has 5 aromatic rings. The van der Waals surface area contributed by atoms with Crippen molar-refractivity contribution in [3.05, 3.63) is 85.0 Å². The van der Waals surface area contributed by atoms with Crippen molar-refractivity contribution < 1.29 is 5.11 Å². The second kappa shape index (κ2) is 7.57. The van der Waals surface area contributed by atoms with Gasteiger partial charge in [-0.15, -0.1) is 0 Å². The Bertz CT molecular complexity index is 1330. The first-order valence-corrected chi connectivity index (χ1v) is 11.2. The molecule has 0 fully saturated rings. The maximum atomic E-state index is 9.81. The van der Waals surface area contributed by atoms with Crippen molar-refractivity contribution >= 4 is 76.9 Å². The number of nitrogens with zero attached hydrogens (tertiary/aromatic N) is 2. The van der Waals surface area contributed by atoms with E-state index < -0.39 is 0 Å². The lowest BCUT2D eigenvalue weighted by Crippen LogP contribution is -2.02. The summed E-state index contributed by atoms with van der Waals surface area (Å²) >= 11 is 19.5. The van der Waals surface area contributed by atoms with E-state index in [4.69, 9.17) is 23.2 Å². The lowest BCUT2D eigenvalue weighted by Gasteiger charge is -2.18. The number of hydrogen-bond acceptors (Lipinski definition) is 3. The lowest BCUT2D eigenvalue weighted by molar-refractivity contribution is 0.475. The first-order chi connectivity index (χ1) is 14.4. The molecule has 0 aliphatic rings. The summed E-state index contributed by atoms with van der Waals surface area (Å²) in [5, 5.41) is 12.5. The van der Waals surface area contributed by atoms with E-state index in [0.717, 1.165) is 38.5 Å². The number of nitrogens with one attached hydrogen (secondary N) is 2. The molecule has 1 aromatic carbocycles. The highest BCUT2D eigenvalue weighted by molar-refractivity contribution is 9.10. The number of aromatic amines is 2. The second-order valence-corrected chi connectivity index (χ2v) is 9.11. The molecule has 0 aliphatic carbocycles. The van der Waals surface area contributed by atoms with E-state index in [1.165, 1.54) is 0 Å². The van der Waals surface area contributed by atoms with Crippen LogP contribution < -0.4 is 0 Å². The van der Waals surface area contributed by atoms with Crippen LogP contribution in [0.2, 0.25) is 10.3 Å². The summed E-state index contributed by atoms with van der Waals surface area (Å²) < 4.78 is 1.30. The Morgan fingerprint density at radius 3 is 1.73 bits per heavy atom. The number of phenolic OH excluding ortho intramolecular Hbond substituents is 1. The molecule has 5 rings (SSSR count). The van der Waals surface area contributed by atoms with Gasteiger partial charge >= 0.3 is 0 Å². The number of aromatic nitrogens is 4. The molecular weight excluding hydrogens is 555 g/mol. The van der Waals surface area contributed by atoms with Crippen molar-refractivity contribution in [2.24, 2.45) is 0 Å². The van der Waals surface area contributed by atoms with Gasteiger partial charge in [0.2, 0.25) is 0 Å². The van der Waals surface area contributed by atoms with Crippen molar-refractivity contribution in [3.63, 3.8) is 0 Å². The third kappa shape index (κ3) is 3.30. The Labute approximate surface area is 197 Å². The van der Waals surface area contributed by atoms with Gasteiger partial charge in [-0.3, -0.25) is 0 Å². The molecule has 4 heterocycles.